The third kappa shape index (κ3) is 3.43. The van der Waals surface area contributed by atoms with Gasteiger partial charge in [0.1, 0.15) is 6.33 Å². The van der Waals surface area contributed by atoms with Gasteiger partial charge < -0.3 is 11.1 Å². The highest BCUT2D eigenvalue weighted by Gasteiger charge is 2.27. The maximum atomic E-state index is 12.3. The normalized spacial score (nSPS) is 13.7. The highest BCUT2D eigenvalue weighted by atomic mass is 16.2. The van der Waals surface area contributed by atoms with Gasteiger partial charge in [-0.1, -0.05) is 19.4 Å². The summed E-state index contributed by atoms with van der Waals surface area (Å²) in [5.74, 6) is -0.193. The minimum Gasteiger partial charge on any atom is -0.324 e. The molecule has 1 amide bonds. The lowest BCUT2D eigenvalue weighted by Crippen LogP contribution is -2.48. The number of amides is 1. The summed E-state index contributed by atoms with van der Waals surface area (Å²) < 4.78 is 1.53. The third-order valence-electron chi connectivity index (χ3n) is 3.37. The molecule has 0 spiro atoms. The molecule has 0 saturated heterocycles. The summed E-state index contributed by atoms with van der Waals surface area (Å²) in [7, 11) is 0. The number of hydrogen-bond donors (Lipinski definition) is 2. The fourth-order valence-electron chi connectivity index (χ4n) is 2.06. The summed E-state index contributed by atoms with van der Waals surface area (Å²) in [6.45, 7) is 5.67. The van der Waals surface area contributed by atoms with E-state index in [0.29, 0.717) is 12.1 Å². The Bertz CT molecular complexity index is 620. The number of anilines is 1. The fraction of sp³-hybridized carbons (Fsp3) is 0.429. The molecule has 0 bridgehead atoms. The van der Waals surface area contributed by atoms with Gasteiger partial charge in [-0.3, -0.25) is 4.79 Å². The molecule has 0 saturated carbocycles. The maximum Gasteiger partial charge on any atom is 0.244 e. The Morgan fingerprint density at radius 3 is 2.86 bits per heavy atom. The van der Waals surface area contributed by atoms with E-state index in [-0.39, 0.29) is 5.91 Å². The van der Waals surface area contributed by atoms with E-state index in [4.69, 9.17) is 5.73 Å². The van der Waals surface area contributed by atoms with Gasteiger partial charge in [0.25, 0.3) is 0 Å². The first-order chi connectivity index (χ1) is 9.94. The molecular weight excluding hydrogens is 268 g/mol. The van der Waals surface area contributed by atoms with Gasteiger partial charge in [0.05, 0.1) is 11.2 Å². The van der Waals surface area contributed by atoms with Crippen molar-refractivity contribution in [3.8, 4) is 5.69 Å². The van der Waals surface area contributed by atoms with Crippen LogP contribution in [-0.2, 0) is 4.79 Å². The lowest BCUT2D eigenvalue weighted by molar-refractivity contribution is -0.120. The number of aryl methyl sites for hydroxylation is 1. The van der Waals surface area contributed by atoms with Crippen molar-refractivity contribution in [2.24, 2.45) is 5.73 Å². The van der Waals surface area contributed by atoms with Gasteiger partial charge in [0, 0.05) is 5.69 Å². The topological polar surface area (TPSA) is 98.7 Å². The van der Waals surface area contributed by atoms with E-state index in [9.17, 15) is 4.79 Å². The molecule has 0 aliphatic heterocycles. The largest absolute Gasteiger partial charge is 0.324 e. The van der Waals surface area contributed by atoms with Crippen LogP contribution in [0.2, 0.25) is 0 Å². The predicted octanol–water partition coefficient (Wildman–Crippen LogP) is 1.43. The molecule has 1 atom stereocenters. The number of carbonyl (C=O) groups excluding carboxylic acids is 1. The van der Waals surface area contributed by atoms with E-state index in [1.165, 1.54) is 11.0 Å². The monoisotopic (exact) mass is 288 g/mol. The van der Waals surface area contributed by atoms with Crippen molar-refractivity contribution in [1.29, 1.82) is 0 Å². The average Bonchev–Trinajstić information content (AvgIpc) is 2.95. The molecule has 7 nitrogen and oxygen atoms in total. The Labute approximate surface area is 123 Å². The number of tetrazole rings is 1. The van der Waals surface area contributed by atoms with Crippen LogP contribution in [-0.4, -0.2) is 31.7 Å². The van der Waals surface area contributed by atoms with Crippen LogP contribution in [0.3, 0.4) is 0 Å². The molecule has 21 heavy (non-hydrogen) atoms. The van der Waals surface area contributed by atoms with Gasteiger partial charge in [0.2, 0.25) is 5.91 Å². The van der Waals surface area contributed by atoms with Gasteiger partial charge in [0.15, 0.2) is 0 Å². The van der Waals surface area contributed by atoms with Crippen molar-refractivity contribution in [2.75, 3.05) is 5.32 Å². The highest BCUT2D eigenvalue weighted by Crippen LogP contribution is 2.21. The number of nitrogens with zero attached hydrogens (tertiary/aromatic N) is 4. The molecule has 112 valence electrons. The van der Waals surface area contributed by atoms with Crippen LogP contribution in [0, 0.1) is 6.92 Å². The Morgan fingerprint density at radius 2 is 2.24 bits per heavy atom. The van der Waals surface area contributed by atoms with Crippen LogP contribution in [0.25, 0.3) is 5.69 Å². The van der Waals surface area contributed by atoms with Crippen LogP contribution < -0.4 is 11.1 Å². The lowest BCUT2D eigenvalue weighted by Gasteiger charge is -2.23. The molecule has 2 aromatic rings. The number of nitrogens with one attached hydrogen (secondary N) is 1. The summed E-state index contributed by atoms with van der Waals surface area (Å²) in [6.07, 6.45) is 2.98. The Kier molecular flexibility index (Phi) is 4.32. The minimum atomic E-state index is -0.883. The molecule has 0 radical (unpaired) electrons. The van der Waals surface area contributed by atoms with Crippen molar-refractivity contribution in [1.82, 2.24) is 20.2 Å². The second kappa shape index (κ2) is 6.01. The van der Waals surface area contributed by atoms with Gasteiger partial charge in [-0.15, -0.1) is 5.10 Å². The smallest absolute Gasteiger partial charge is 0.244 e. The first kappa shape index (κ1) is 15.1. The van der Waals surface area contributed by atoms with E-state index in [1.54, 1.807) is 6.92 Å². The van der Waals surface area contributed by atoms with Crippen LogP contribution in [0.5, 0.6) is 0 Å². The quantitative estimate of drug-likeness (QED) is 0.867. The molecule has 1 unspecified atom stereocenters. The van der Waals surface area contributed by atoms with E-state index in [0.717, 1.165) is 17.7 Å². The highest BCUT2D eigenvalue weighted by molar-refractivity contribution is 5.98. The van der Waals surface area contributed by atoms with Crippen molar-refractivity contribution >= 4 is 11.6 Å². The van der Waals surface area contributed by atoms with Crippen LogP contribution >= 0.6 is 0 Å². The summed E-state index contributed by atoms with van der Waals surface area (Å²) >= 11 is 0. The molecule has 1 aromatic carbocycles. The predicted molar refractivity (Wildman–Crippen MR) is 80.0 cm³/mol. The Morgan fingerprint density at radius 1 is 1.48 bits per heavy atom. The number of hydrogen-bond acceptors (Lipinski definition) is 5. The molecule has 1 aromatic heterocycles. The van der Waals surface area contributed by atoms with E-state index in [1.807, 2.05) is 32.0 Å². The number of benzene rings is 1. The second-order valence-corrected chi connectivity index (χ2v) is 5.38. The average molecular weight is 288 g/mol. The Balaban J connectivity index is 2.24. The molecule has 3 N–H and O–H groups in total. The van der Waals surface area contributed by atoms with Crippen molar-refractivity contribution in [2.45, 2.75) is 39.2 Å². The van der Waals surface area contributed by atoms with E-state index < -0.39 is 5.54 Å². The lowest BCUT2D eigenvalue weighted by atomic mass is 9.96. The van der Waals surface area contributed by atoms with Crippen LogP contribution in [0.1, 0.15) is 32.3 Å². The third-order valence-corrected chi connectivity index (χ3v) is 3.37. The molecule has 0 fully saturated rings. The number of carbonyl (C=O) groups is 1. The summed E-state index contributed by atoms with van der Waals surface area (Å²) in [5, 5.41) is 13.9. The Hall–Kier alpha value is -2.28. The minimum absolute atomic E-state index is 0.193. The van der Waals surface area contributed by atoms with Crippen LogP contribution in [0.15, 0.2) is 24.5 Å². The molecule has 0 aliphatic carbocycles. The standard InChI is InChI=1S/C14H20N6O/c1-4-7-14(3,15)13(21)17-12-8-11(6-5-10(12)2)20-9-16-18-19-20/h5-6,8-9H,4,7,15H2,1-3H3,(H,17,21). The zero-order chi connectivity index (χ0) is 15.5. The number of nitrogens with two attached hydrogens (primary N) is 1. The van der Waals surface area contributed by atoms with Gasteiger partial charge in [-0.25, -0.2) is 4.68 Å². The fourth-order valence-corrected chi connectivity index (χ4v) is 2.06. The number of aromatic nitrogens is 4. The SMILES string of the molecule is CCCC(C)(N)C(=O)Nc1cc(-n2cnnn2)ccc1C. The van der Waals surface area contributed by atoms with Gasteiger partial charge >= 0.3 is 0 Å². The summed E-state index contributed by atoms with van der Waals surface area (Å²) in [4.78, 5) is 12.3. The van der Waals surface area contributed by atoms with E-state index >= 15 is 0 Å². The van der Waals surface area contributed by atoms with Crippen molar-refractivity contribution < 1.29 is 4.79 Å². The first-order valence-electron chi connectivity index (χ1n) is 6.88. The summed E-state index contributed by atoms with van der Waals surface area (Å²) in [5.41, 5.74) is 7.60. The zero-order valence-corrected chi connectivity index (χ0v) is 12.5. The van der Waals surface area contributed by atoms with Gasteiger partial charge in [-0.05, 0) is 48.4 Å². The molecule has 1 heterocycles. The zero-order valence-electron chi connectivity index (χ0n) is 12.5. The second-order valence-electron chi connectivity index (χ2n) is 5.38. The van der Waals surface area contributed by atoms with Crippen LogP contribution in [0.4, 0.5) is 5.69 Å². The van der Waals surface area contributed by atoms with Crippen molar-refractivity contribution in [3.63, 3.8) is 0 Å². The van der Waals surface area contributed by atoms with Gasteiger partial charge in [-0.2, -0.15) is 0 Å². The molecule has 2 rings (SSSR count). The van der Waals surface area contributed by atoms with E-state index in [2.05, 4.69) is 20.8 Å². The molecular formula is C14H20N6O. The maximum absolute atomic E-state index is 12.3. The summed E-state index contributed by atoms with van der Waals surface area (Å²) in [6, 6.07) is 5.61. The molecule has 7 heteroatoms. The molecule has 0 aliphatic rings. The van der Waals surface area contributed by atoms with Crippen molar-refractivity contribution in [3.05, 3.63) is 30.1 Å². The number of rotatable bonds is 5. The first-order valence-corrected chi connectivity index (χ1v) is 6.88.